The quantitative estimate of drug-likeness (QED) is 0.0262. The molecule has 388 valence electrons. The molecule has 0 aliphatic carbocycles. The van der Waals surface area contributed by atoms with Crippen LogP contribution in [0.1, 0.15) is 323 Å². The standard InChI is InChI=1S/C60H112O6/c1-4-7-10-13-16-19-22-25-27-29-30-31-33-35-38-41-44-47-50-53-59(62)65-56-57(55-64-58(61)52-49-46-43-40-37-34-24-21-18-15-12-9-6-3)66-60(63)54-51-48-45-42-39-36-32-28-26-23-20-17-14-11-8-5-2/h34,37,43,46,57H,4-33,35-36,38-42,44-45,47-56H2,1-3H3/b37-34-,46-43-. The molecule has 0 aromatic heterocycles. The van der Waals surface area contributed by atoms with Crippen LogP contribution >= 0.6 is 0 Å². The van der Waals surface area contributed by atoms with Gasteiger partial charge in [0.1, 0.15) is 13.2 Å². The third-order valence-electron chi connectivity index (χ3n) is 13.2. The van der Waals surface area contributed by atoms with Crippen molar-refractivity contribution in [3.8, 4) is 0 Å². The predicted octanol–water partition coefficient (Wildman–Crippen LogP) is 19.5. The summed E-state index contributed by atoms with van der Waals surface area (Å²) in [7, 11) is 0. The monoisotopic (exact) mass is 929 g/mol. The smallest absolute Gasteiger partial charge is 0.306 e. The lowest BCUT2D eigenvalue weighted by Crippen LogP contribution is -2.30. The number of hydrogen-bond acceptors (Lipinski definition) is 6. The number of esters is 3. The van der Waals surface area contributed by atoms with E-state index < -0.39 is 6.10 Å². The van der Waals surface area contributed by atoms with Crippen LogP contribution in [0.4, 0.5) is 0 Å². The van der Waals surface area contributed by atoms with Gasteiger partial charge in [-0.25, -0.2) is 0 Å². The molecule has 0 aliphatic rings. The minimum absolute atomic E-state index is 0.0824. The van der Waals surface area contributed by atoms with Crippen LogP contribution in [0.5, 0.6) is 0 Å². The highest BCUT2D eigenvalue weighted by atomic mass is 16.6. The lowest BCUT2D eigenvalue weighted by Gasteiger charge is -2.18. The Morgan fingerprint density at radius 1 is 0.303 bits per heavy atom. The SMILES string of the molecule is CCCCCCCC/C=C\C/C=C\CCC(=O)OCC(COC(=O)CCCCCCCCCCCCCCCCCCCCC)OC(=O)CCCCCCCCCCCCCCCCCC. The molecule has 0 N–H and O–H groups in total. The average Bonchev–Trinajstić information content (AvgIpc) is 3.31. The van der Waals surface area contributed by atoms with E-state index in [1.165, 1.54) is 225 Å². The molecule has 66 heavy (non-hydrogen) atoms. The molecule has 0 heterocycles. The summed E-state index contributed by atoms with van der Waals surface area (Å²) in [6.07, 6.45) is 64.7. The Bertz CT molecular complexity index is 1070. The molecule has 0 radical (unpaired) electrons. The number of unbranched alkanes of at least 4 members (excludes halogenated alkanes) is 39. The molecule has 0 spiro atoms. The van der Waals surface area contributed by atoms with E-state index >= 15 is 0 Å². The molecule has 0 bridgehead atoms. The summed E-state index contributed by atoms with van der Waals surface area (Å²) in [5.74, 6) is -0.931. The molecule has 0 aromatic carbocycles. The van der Waals surface area contributed by atoms with Crippen molar-refractivity contribution in [3.63, 3.8) is 0 Å². The Balaban J connectivity index is 4.33. The summed E-state index contributed by atoms with van der Waals surface area (Å²) in [5.41, 5.74) is 0. The Labute approximate surface area is 411 Å². The van der Waals surface area contributed by atoms with Gasteiger partial charge in [0.25, 0.3) is 0 Å². The summed E-state index contributed by atoms with van der Waals surface area (Å²) >= 11 is 0. The van der Waals surface area contributed by atoms with E-state index in [-0.39, 0.29) is 37.5 Å². The molecule has 0 saturated carbocycles. The zero-order chi connectivity index (χ0) is 47.9. The highest BCUT2D eigenvalue weighted by molar-refractivity contribution is 5.71. The molecular formula is C60H112O6. The molecule has 6 nitrogen and oxygen atoms in total. The fourth-order valence-electron chi connectivity index (χ4n) is 8.79. The highest BCUT2D eigenvalue weighted by Crippen LogP contribution is 2.17. The number of hydrogen-bond donors (Lipinski definition) is 0. The molecular weight excluding hydrogens is 817 g/mol. The van der Waals surface area contributed by atoms with Crippen molar-refractivity contribution in [1.82, 2.24) is 0 Å². The van der Waals surface area contributed by atoms with Crippen LogP contribution in [0.2, 0.25) is 0 Å². The number of carbonyl (C=O) groups is 3. The average molecular weight is 930 g/mol. The Morgan fingerprint density at radius 3 is 0.924 bits per heavy atom. The normalized spacial score (nSPS) is 12.1. The summed E-state index contributed by atoms with van der Waals surface area (Å²) in [6, 6.07) is 0. The Hall–Kier alpha value is -2.11. The van der Waals surface area contributed by atoms with E-state index in [4.69, 9.17) is 14.2 Å². The predicted molar refractivity (Wildman–Crippen MR) is 284 cm³/mol. The van der Waals surface area contributed by atoms with Gasteiger partial charge in [-0.2, -0.15) is 0 Å². The maximum absolute atomic E-state index is 12.8. The van der Waals surface area contributed by atoms with Gasteiger partial charge >= 0.3 is 17.9 Å². The van der Waals surface area contributed by atoms with Crippen LogP contribution in [0.25, 0.3) is 0 Å². The number of rotatable bonds is 54. The number of carbonyl (C=O) groups excluding carboxylic acids is 3. The van der Waals surface area contributed by atoms with Crippen molar-refractivity contribution in [2.24, 2.45) is 0 Å². The molecule has 0 rings (SSSR count). The zero-order valence-electron chi connectivity index (χ0n) is 44.5. The molecule has 0 fully saturated rings. The van der Waals surface area contributed by atoms with Crippen molar-refractivity contribution in [3.05, 3.63) is 24.3 Å². The maximum atomic E-state index is 12.8. The van der Waals surface area contributed by atoms with Crippen molar-refractivity contribution in [1.29, 1.82) is 0 Å². The maximum Gasteiger partial charge on any atom is 0.306 e. The second-order valence-electron chi connectivity index (χ2n) is 19.9. The lowest BCUT2D eigenvalue weighted by atomic mass is 10.0. The first-order valence-electron chi connectivity index (χ1n) is 29.3. The fourth-order valence-corrected chi connectivity index (χ4v) is 8.79. The van der Waals surface area contributed by atoms with Gasteiger partial charge in [-0.05, 0) is 38.5 Å². The second-order valence-corrected chi connectivity index (χ2v) is 19.9. The first kappa shape index (κ1) is 63.9. The first-order valence-corrected chi connectivity index (χ1v) is 29.3. The van der Waals surface area contributed by atoms with E-state index in [1.807, 2.05) is 6.08 Å². The zero-order valence-corrected chi connectivity index (χ0v) is 44.5. The fraction of sp³-hybridized carbons (Fsp3) is 0.883. The molecule has 6 heteroatoms. The largest absolute Gasteiger partial charge is 0.462 e. The minimum atomic E-state index is -0.788. The van der Waals surface area contributed by atoms with Gasteiger partial charge in [-0.3, -0.25) is 14.4 Å². The van der Waals surface area contributed by atoms with E-state index in [0.717, 1.165) is 51.4 Å². The molecule has 0 aromatic rings. The van der Waals surface area contributed by atoms with Crippen molar-refractivity contribution in [2.45, 2.75) is 329 Å². The topological polar surface area (TPSA) is 78.9 Å². The van der Waals surface area contributed by atoms with Gasteiger partial charge in [0.15, 0.2) is 6.10 Å². The summed E-state index contributed by atoms with van der Waals surface area (Å²) in [5, 5.41) is 0. The Morgan fingerprint density at radius 2 is 0.576 bits per heavy atom. The van der Waals surface area contributed by atoms with Crippen LogP contribution < -0.4 is 0 Å². The number of ether oxygens (including phenoxy) is 3. The van der Waals surface area contributed by atoms with Crippen LogP contribution in [0.15, 0.2) is 24.3 Å². The lowest BCUT2D eigenvalue weighted by molar-refractivity contribution is -0.166. The number of allylic oxidation sites excluding steroid dienone is 4. The van der Waals surface area contributed by atoms with Crippen LogP contribution in [-0.4, -0.2) is 37.2 Å². The highest BCUT2D eigenvalue weighted by Gasteiger charge is 2.19. The minimum Gasteiger partial charge on any atom is -0.462 e. The van der Waals surface area contributed by atoms with E-state index in [0.29, 0.717) is 19.3 Å². The molecule has 0 saturated heterocycles. The van der Waals surface area contributed by atoms with E-state index in [1.54, 1.807) is 0 Å². The second kappa shape index (κ2) is 55.5. The molecule has 1 atom stereocenters. The summed E-state index contributed by atoms with van der Waals surface area (Å²) in [6.45, 7) is 6.64. The molecule has 1 unspecified atom stereocenters. The summed E-state index contributed by atoms with van der Waals surface area (Å²) in [4.78, 5) is 38.1. The molecule has 0 amide bonds. The van der Waals surface area contributed by atoms with E-state index in [9.17, 15) is 14.4 Å². The van der Waals surface area contributed by atoms with Crippen molar-refractivity contribution < 1.29 is 28.6 Å². The van der Waals surface area contributed by atoms with Crippen LogP contribution in [0, 0.1) is 0 Å². The van der Waals surface area contributed by atoms with Gasteiger partial charge in [0.05, 0.1) is 0 Å². The van der Waals surface area contributed by atoms with Gasteiger partial charge in [-0.1, -0.05) is 289 Å². The van der Waals surface area contributed by atoms with Crippen LogP contribution in [-0.2, 0) is 28.6 Å². The third-order valence-corrected chi connectivity index (χ3v) is 13.2. The Kier molecular flexibility index (Phi) is 53.7. The molecule has 0 aliphatic heterocycles. The van der Waals surface area contributed by atoms with Gasteiger partial charge < -0.3 is 14.2 Å². The van der Waals surface area contributed by atoms with E-state index in [2.05, 4.69) is 39.0 Å². The van der Waals surface area contributed by atoms with Gasteiger partial charge in [0, 0.05) is 19.3 Å². The third kappa shape index (κ3) is 52.9. The van der Waals surface area contributed by atoms with Crippen LogP contribution in [0.3, 0.4) is 0 Å². The van der Waals surface area contributed by atoms with Gasteiger partial charge in [0.2, 0.25) is 0 Å². The van der Waals surface area contributed by atoms with Crippen molar-refractivity contribution >= 4 is 17.9 Å². The van der Waals surface area contributed by atoms with Crippen molar-refractivity contribution in [2.75, 3.05) is 13.2 Å². The first-order chi connectivity index (χ1) is 32.5. The van der Waals surface area contributed by atoms with Gasteiger partial charge in [-0.15, -0.1) is 0 Å². The summed E-state index contributed by atoms with van der Waals surface area (Å²) < 4.78 is 16.8.